The van der Waals surface area contributed by atoms with E-state index in [0.717, 1.165) is 12.8 Å². The normalized spacial score (nSPS) is 26.9. The highest BCUT2D eigenvalue weighted by atomic mass is 19.1. The maximum Gasteiger partial charge on any atom is 0.457 e. The standard InChI is InChI=1S/C23H33BFNO5/c1-21(2)22(3,4)31-24(30-21)13-7-8-17-14-26(15-23(17,5)20(28)29-6)19(27)16-9-11-18(25)12-10-16/h9-12,17H,7-8,13-15H2,1-6H3/t17-,23+/m0/s1. The summed E-state index contributed by atoms with van der Waals surface area (Å²) in [4.78, 5) is 27.2. The number of halogens is 1. The number of rotatable bonds is 6. The Kier molecular flexibility index (Phi) is 6.54. The van der Waals surface area contributed by atoms with Crippen LogP contribution in [0.2, 0.25) is 6.32 Å². The molecule has 0 N–H and O–H groups in total. The molecule has 1 aromatic rings. The van der Waals surface area contributed by atoms with Crippen molar-refractivity contribution in [3.8, 4) is 0 Å². The summed E-state index contributed by atoms with van der Waals surface area (Å²) in [5.74, 6) is -0.962. The topological polar surface area (TPSA) is 65.1 Å². The Morgan fingerprint density at radius 3 is 2.26 bits per heavy atom. The van der Waals surface area contributed by atoms with Crippen LogP contribution in [-0.4, -0.2) is 55.3 Å². The molecular formula is C23H33BFNO5. The third kappa shape index (κ3) is 4.65. The summed E-state index contributed by atoms with van der Waals surface area (Å²) in [6.45, 7) is 10.7. The molecular weight excluding hydrogens is 400 g/mol. The van der Waals surface area contributed by atoms with Crippen LogP contribution in [0.25, 0.3) is 0 Å². The monoisotopic (exact) mass is 433 g/mol. The fourth-order valence-electron chi connectivity index (χ4n) is 4.48. The summed E-state index contributed by atoms with van der Waals surface area (Å²) >= 11 is 0. The van der Waals surface area contributed by atoms with E-state index in [1.165, 1.54) is 31.4 Å². The van der Waals surface area contributed by atoms with Gasteiger partial charge in [-0.3, -0.25) is 9.59 Å². The van der Waals surface area contributed by atoms with Gasteiger partial charge in [0, 0.05) is 18.7 Å². The number of esters is 1. The zero-order valence-corrected chi connectivity index (χ0v) is 19.4. The van der Waals surface area contributed by atoms with E-state index in [2.05, 4.69) is 0 Å². The molecule has 0 saturated carbocycles. The number of methoxy groups -OCH3 is 1. The zero-order chi connectivity index (χ0) is 23.0. The number of hydrogen-bond donors (Lipinski definition) is 0. The molecule has 0 aliphatic carbocycles. The summed E-state index contributed by atoms with van der Waals surface area (Å²) < 4.78 is 30.4. The molecule has 2 saturated heterocycles. The lowest BCUT2D eigenvalue weighted by Crippen LogP contribution is -2.41. The highest BCUT2D eigenvalue weighted by Crippen LogP contribution is 2.42. The van der Waals surface area contributed by atoms with E-state index in [4.69, 9.17) is 14.0 Å². The maximum absolute atomic E-state index is 13.2. The highest BCUT2D eigenvalue weighted by Gasteiger charge is 2.52. The van der Waals surface area contributed by atoms with E-state index >= 15 is 0 Å². The third-order valence-corrected chi connectivity index (χ3v) is 7.19. The molecule has 2 fully saturated rings. The van der Waals surface area contributed by atoms with Crippen LogP contribution in [-0.2, 0) is 18.8 Å². The van der Waals surface area contributed by atoms with Crippen LogP contribution >= 0.6 is 0 Å². The molecule has 2 aliphatic heterocycles. The average molecular weight is 433 g/mol. The zero-order valence-electron chi connectivity index (χ0n) is 19.4. The van der Waals surface area contributed by atoms with Crippen molar-refractivity contribution in [2.75, 3.05) is 20.2 Å². The summed E-state index contributed by atoms with van der Waals surface area (Å²) in [5.41, 5.74) is -1.12. The van der Waals surface area contributed by atoms with Crippen molar-refractivity contribution in [2.45, 2.75) is 65.0 Å². The van der Waals surface area contributed by atoms with Gasteiger partial charge in [0.25, 0.3) is 5.91 Å². The molecule has 1 amide bonds. The summed E-state index contributed by atoms with van der Waals surface area (Å²) in [6, 6.07) is 5.48. The van der Waals surface area contributed by atoms with Crippen LogP contribution in [0.3, 0.4) is 0 Å². The van der Waals surface area contributed by atoms with Crippen molar-refractivity contribution in [3.05, 3.63) is 35.6 Å². The van der Waals surface area contributed by atoms with Crippen molar-refractivity contribution in [1.29, 1.82) is 0 Å². The fraction of sp³-hybridized carbons (Fsp3) is 0.652. The van der Waals surface area contributed by atoms with E-state index in [1.807, 2.05) is 34.6 Å². The lowest BCUT2D eigenvalue weighted by atomic mass is 9.74. The highest BCUT2D eigenvalue weighted by molar-refractivity contribution is 6.45. The van der Waals surface area contributed by atoms with Crippen LogP contribution in [0.5, 0.6) is 0 Å². The Balaban J connectivity index is 1.66. The van der Waals surface area contributed by atoms with Crippen LogP contribution in [0, 0.1) is 17.2 Å². The molecule has 0 bridgehead atoms. The van der Waals surface area contributed by atoms with Gasteiger partial charge in [0.2, 0.25) is 0 Å². The molecule has 170 valence electrons. The van der Waals surface area contributed by atoms with Gasteiger partial charge in [-0.05, 0) is 77.5 Å². The van der Waals surface area contributed by atoms with Gasteiger partial charge in [-0.1, -0.05) is 6.42 Å². The van der Waals surface area contributed by atoms with Crippen molar-refractivity contribution in [3.63, 3.8) is 0 Å². The Labute approximate surface area is 184 Å². The van der Waals surface area contributed by atoms with E-state index in [-0.39, 0.29) is 42.7 Å². The molecule has 2 aliphatic rings. The molecule has 0 unspecified atom stereocenters. The van der Waals surface area contributed by atoms with Gasteiger partial charge in [0.05, 0.1) is 23.7 Å². The number of carbonyl (C=O) groups excluding carboxylic acids is 2. The van der Waals surface area contributed by atoms with Gasteiger partial charge in [0.15, 0.2) is 0 Å². The van der Waals surface area contributed by atoms with Crippen molar-refractivity contribution < 1.29 is 28.0 Å². The first-order chi connectivity index (χ1) is 14.4. The first-order valence-electron chi connectivity index (χ1n) is 10.9. The summed E-state index contributed by atoms with van der Waals surface area (Å²) in [6.07, 6.45) is 2.25. The summed E-state index contributed by atoms with van der Waals surface area (Å²) in [7, 11) is 1.09. The van der Waals surface area contributed by atoms with Crippen molar-refractivity contribution >= 4 is 19.0 Å². The minimum absolute atomic E-state index is 0.0493. The maximum atomic E-state index is 13.2. The SMILES string of the molecule is COC(=O)[C@]1(C)CN(C(=O)c2ccc(F)cc2)C[C@@H]1CCCB1OC(C)(C)C(C)(C)O1. The molecule has 2 heterocycles. The molecule has 2 atom stereocenters. The largest absolute Gasteiger partial charge is 0.469 e. The van der Waals surface area contributed by atoms with Gasteiger partial charge in [-0.15, -0.1) is 0 Å². The number of likely N-dealkylation sites (tertiary alicyclic amines) is 1. The molecule has 3 rings (SSSR count). The van der Waals surface area contributed by atoms with Gasteiger partial charge < -0.3 is 18.9 Å². The second-order valence-corrected chi connectivity index (χ2v) is 9.92. The molecule has 0 spiro atoms. The molecule has 31 heavy (non-hydrogen) atoms. The number of benzene rings is 1. The minimum atomic E-state index is -0.791. The predicted molar refractivity (Wildman–Crippen MR) is 116 cm³/mol. The third-order valence-electron chi connectivity index (χ3n) is 7.19. The van der Waals surface area contributed by atoms with Crippen LogP contribution in [0.4, 0.5) is 4.39 Å². The van der Waals surface area contributed by atoms with Crippen molar-refractivity contribution in [1.82, 2.24) is 4.90 Å². The first-order valence-corrected chi connectivity index (χ1v) is 10.9. The summed E-state index contributed by atoms with van der Waals surface area (Å²) in [5, 5.41) is 0. The second-order valence-electron chi connectivity index (χ2n) is 9.92. The smallest absolute Gasteiger partial charge is 0.457 e. The Hall–Kier alpha value is -1.93. The predicted octanol–water partition coefficient (Wildman–Crippen LogP) is 3.95. The average Bonchev–Trinajstić information content (AvgIpc) is 3.14. The number of ether oxygens (including phenoxy) is 1. The van der Waals surface area contributed by atoms with Crippen LogP contribution in [0.1, 0.15) is 57.8 Å². The van der Waals surface area contributed by atoms with Crippen LogP contribution in [0.15, 0.2) is 24.3 Å². The Bertz CT molecular complexity index is 812. The first kappa shape index (κ1) is 23.7. The van der Waals surface area contributed by atoms with Crippen LogP contribution < -0.4 is 0 Å². The molecule has 8 heteroatoms. The minimum Gasteiger partial charge on any atom is -0.469 e. The van der Waals surface area contributed by atoms with Gasteiger partial charge in [0.1, 0.15) is 5.82 Å². The molecule has 0 radical (unpaired) electrons. The second kappa shape index (κ2) is 8.55. The molecule has 1 aromatic carbocycles. The van der Waals surface area contributed by atoms with E-state index in [0.29, 0.717) is 18.4 Å². The Morgan fingerprint density at radius 2 is 1.71 bits per heavy atom. The quantitative estimate of drug-likeness (QED) is 0.502. The van der Waals surface area contributed by atoms with Gasteiger partial charge in [-0.25, -0.2) is 4.39 Å². The number of hydrogen-bond acceptors (Lipinski definition) is 5. The molecule has 6 nitrogen and oxygen atoms in total. The Morgan fingerprint density at radius 1 is 1.13 bits per heavy atom. The lowest BCUT2D eigenvalue weighted by Gasteiger charge is -2.32. The lowest BCUT2D eigenvalue weighted by molar-refractivity contribution is -0.153. The van der Waals surface area contributed by atoms with Gasteiger partial charge in [-0.2, -0.15) is 0 Å². The number of nitrogens with zero attached hydrogens (tertiary/aromatic N) is 1. The number of carbonyl (C=O) groups is 2. The van der Waals surface area contributed by atoms with Gasteiger partial charge >= 0.3 is 13.1 Å². The van der Waals surface area contributed by atoms with E-state index < -0.39 is 11.2 Å². The van der Waals surface area contributed by atoms with Crippen molar-refractivity contribution in [2.24, 2.45) is 11.3 Å². The fourth-order valence-corrected chi connectivity index (χ4v) is 4.48. The van der Waals surface area contributed by atoms with E-state index in [1.54, 1.807) is 4.90 Å². The van der Waals surface area contributed by atoms with E-state index in [9.17, 15) is 14.0 Å². The molecule has 0 aromatic heterocycles. The number of amides is 1.